The average Bonchev–Trinajstić information content (AvgIpc) is 2.16. The lowest BCUT2D eigenvalue weighted by Gasteiger charge is -2.01. The van der Waals surface area contributed by atoms with E-state index in [4.69, 9.17) is 0 Å². The molecule has 0 aliphatic carbocycles. The average molecular weight is 246 g/mol. The molecule has 1 heterocycles. The zero-order valence-corrected chi connectivity index (χ0v) is 9.50. The number of nitrogens with one attached hydrogen (secondary N) is 1. The third-order valence-electron chi connectivity index (χ3n) is 1.62. The fourth-order valence-electron chi connectivity index (χ4n) is 0.921. The standard InChI is InChI=1S/C8H10N2O5S/c1-3-15-7(12)5-4-9-8(10-6(5)11)16(2,13)14/h4H,3H2,1-2H3,(H,9,10,11). The predicted molar refractivity (Wildman–Crippen MR) is 53.9 cm³/mol. The maximum absolute atomic E-state index is 11.3. The highest BCUT2D eigenvalue weighted by Crippen LogP contribution is 1.99. The molecule has 7 nitrogen and oxygen atoms in total. The van der Waals surface area contributed by atoms with Crippen LogP contribution in [0, 0.1) is 0 Å². The van der Waals surface area contributed by atoms with E-state index in [1.807, 2.05) is 4.98 Å². The van der Waals surface area contributed by atoms with Gasteiger partial charge in [0.25, 0.3) is 5.56 Å². The van der Waals surface area contributed by atoms with E-state index in [1.54, 1.807) is 6.92 Å². The zero-order chi connectivity index (χ0) is 12.3. The molecule has 0 atom stereocenters. The summed E-state index contributed by atoms with van der Waals surface area (Å²) in [6, 6.07) is 0. The van der Waals surface area contributed by atoms with Crippen molar-refractivity contribution in [1.82, 2.24) is 9.97 Å². The summed E-state index contributed by atoms with van der Waals surface area (Å²) in [5.41, 5.74) is -1.16. The number of carbonyl (C=O) groups excluding carboxylic acids is 1. The van der Waals surface area contributed by atoms with E-state index >= 15 is 0 Å². The van der Waals surface area contributed by atoms with E-state index < -0.39 is 26.5 Å². The molecule has 0 aliphatic rings. The van der Waals surface area contributed by atoms with Gasteiger partial charge in [0.1, 0.15) is 5.56 Å². The topological polar surface area (TPSA) is 106 Å². The number of H-pyrrole nitrogens is 1. The molecule has 1 aromatic heterocycles. The summed E-state index contributed by atoms with van der Waals surface area (Å²) in [5.74, 6) is -0.837. The number of aromatic amines is 1. The van der Waals surface area contributed by atoms with E-state index in [0.717, 1.165) is 12.5 Å². The Morgan fingerprint density at radius 2 is 2.19 bits per heavy atom. The second kappa shape index (κ2) is 4.44. The highest BCUT2D eigenvalue weighted by Gasteiger charge is 2.16. The second-order valence-corrected chi connectivity index (χ2v) is 4.85. The number of esters is 1. The molecule has 0 aliphatic heterocycles. The Kier molecular flexibility index (Phi) is 3.43. The molecule has 0 saturated heterocycles. The van der Waals surface area contributed by atoms with E-state index in [0.29, 0.717) is 0 Å². The number of hydrogen-bond acceptors (Lipinski definition) is 6. The molecular weight excluding hydrogens is 236 g/mol. The maximum Gasteiger partial charge on any atom is 0.345 e. The van der Waals surface area contributed by atoms with Gasteiger partial charge in [-0.05, 0) is 6.92 Å². The Bertz CT molecular complexity index is 560. The van der Waals surface area contributed by atoms with Gasteiger partial charge in [-0.1, -0.05) is 0 Å². The minimum atomic E-state index is -3.60. The molecule has 0 saturated carbocycles. The normalized spacial score (nSPS) is 11.1. The van der Waals surface area contributed by atoms with Crippen molar-refractivity contribution in [3.8, 4) is 0 Å². The van der Waals surface area contributed by atoms with Crippen molar-refractivity contribution in [2.45, 2.75) is 12.1 Å². The van der Waals surface area contributed by atoms with Gasteiger partial charge >= 0.3 is 5.97 Å². The summed E-state index contributed by atoms with van der Waals surface area (Å²) in [7, 11) is -3.60. The first-order valence-electron chi connectivity index (χ1n) is 4.32. The molecule has 0 aromatic carbocycles. The number of rotatable bonds is 3. The van der Waals surface area contributed by atoms with Crippen molar-refractivity contribution in [1.29, 1.82) is 0 Å². The van der Waals surface area contributed by atoms with Crippen LogP contribution < -0.4 is 5.56 Å². The molecule has 0 radical (unpaired) electrons. The van der Waals surface area contributed by atoms with E-state index in [1.165, 1.54) is 0 Å². The number of aromatic nitrogens is 2. The molecule has 88 valence electrons. The Balaban J connectivity index is 3.21. The van der Waals surface area contributed by atoms with E-state index in [-0.39, 0.29) is 12.2 Å². The van der Waals surface area contributed by atoms with Crippen molar-refractivity contribution < 1.29 is 17.9 Å². The lowest BCUT2D eigenvalue weighted by atomic mass is 10.3. The SMILES string of the molecule is CCOC(=O)c1cnc(S(C)(=O)=O)[nH]c1=O. The van der Waals surface area contributed by atoms with Crippen LogP contribution in [0.2, 0.25) is 0 Å². The van der Waals surface area contributed by atoms with Gasteiger partial charge < -0.3 is 4.74 Å². The van der Waals surface area contributed by atoms with Crippen LogP contribution >= 0.6 is 0 Å². The van der Waals surface area contributed by atoms with Gasteiger partial charge in [0.05, 0.1) is 12.8 Å². The zero-order valence-electron chi connectivity index (χ0n) is 8.68. The van der Waals surface area contributed by atoms with Crippen LogP contribution in [0.15, 0.2) is 16.1 Å². The van der Waals surface area contributed by atoms with E-state index in [9.17, 15) is 18.0 Å². The molecule has 0 unspecified atom stereocenters. The van der Waals surface area contributed by atoms with Crippen LogP contribution in [0.4, 0.5) is 0 Å². The summed E-state index contributed by atoms with van der Waals surface area (Å²) in [4.78, 5) is 28.0. The number of hydrogen-bond donors (Lipinski definition) is 1. The highest BCUT2D eigenvalue weighted by molar-refractivity contribution is 7.90. The first kappa shape index (κ1) is 12.4. The summed E-state index contributed by atoms with van der Waals surface area (Å²) >= 11 is 0. The largest absolute Gasteiger partial charge is 0.462 e. The highest BCUT2D eigenvalue weighted by atomic mass is 32.2. The summed E-state index contributed by atoms with van der Waals surface area (Å²) < 4.78 is 26.7. The number of carbonyl (C=O) groups is 1. The minimum Gasteiger partial charge on any atom is -0.462 e. The van der Waals surface area contributed by atoms with Gasteiger partial charge in [0, 0.05) is 6.26 Å². The molecule has 0 fully saturated rings. The Morgan fingerprint density at radius 3 is 2.62 bits per heavy atom. The minimum absolute atomic E-state index is 0.117. The number of ether oxygens (including phenoxy) is 1. The third-order valence-corrected chi connectivity index (χ3v) is 2.53. The Hall–Kier alpha value is -1.70. The third kappa shape index (κ3) is 2.66. The number of nitrogens with zero attached hydrogens (tertiary/aromatic N) is 1. The van der Waals surface area contributed by atoms with Crippen molar-refractivity contribution in [2.24, 2.45) is 0 Å². The molecule has 1 rings (SSSR count). The van der Waals surface area contributed by atoms with Crippen LogP contribution in [0.5, 0.6) is 0 Å². The maximum atomic E-state index is 11.3. The molecule has 0 amide bonds. The summed E-state index contributed by atoms with van der Waals surface area (Å²) in [6.07, 6.45) is 1.78. The van der Waals surface area contributed by atoms with Gasteiger partial charge in [-0.25, -0.2) is 18.2 Å². The van der Waals surface area contributed by atoms with Crippen molar-refractivity contribution in [3.05, 3.63) is 22.1 Å². The lowest BCUT2D eigenvalue weighted by molar-refractivity contribution is 0.0523. The van der Waals surface area contributed by atoms with Crippen LogP contribution in [0.1, 0.15) is 17.3 Å². The fraction of sp³-hybridized carbons (Fsp3) is 0.375. The van der Waals surface area contributed by atoms with Crippen molar-refractivity contribution in [2.75, 3.05) is 12.9 Å². The molecule has 0 bridgehead atoms. The predicted octanol–water partition coefficient (Wildman–Crippen LogP) is -0.650. The molecule has 0 spiro atoms. The summed E-state index contributed by atoms with van der Waals surface area (Å²) in [6.45, 7) is 1.70. The molecular formula is C8H10N2O5S. The smallest absolute Gasteiger partial charge is 0.345 e. The van der Waals surface area contributed by atoms with Crippen molar-refractivity contribution in [3.63, 3.8) is 0 Å². The Labute approximate surface area is 91.4 Å². The van der Waals surface area contributed by atoms with Gasteiger partial charge in [0.15, 0.2) is 0 Å². The Morgan fingerprint density at radius 1 is 1.56 bits per heavy atom. The molecule has 1 N–H and O–H groups in total. The summed E-state index contributed by atoms with van der Waals surface area (Å²) in [5, 5.41) is -0.481. The van der Waals surface area contributed by atoms with Gasteiger partial charge in [0.2, 0.25) is 15.0 Å². The molecule has 8 heteroatoms. The quantitative estimate of drug-likeness (QED) is 0.561. The van der Waals surface area contributed by atoms with Crippen LogP contribution in [0.3, 0.4) is 0 Å². The molecule has 16 heavy (non-hydrogen) atoms. The monoisotopic (exact) mass is 246 g/mol. The lowest BCUT2D eigenvalue weighted by Crippen LogP contribution is -2.23. The van der Waals surface area contributed by atoms with Gasteiger partial charge in [-0.15, -0.1) is 0 Å². The fourth-order valence-corrected chi connectivity index (χ4v) is 1.44. The second-order valence-electron chi connectivity index (χ2n) is 2.92. The van der Waals surface area contributed by atoms with Gasteiger partial charge in [-0.3, -0.25) is 9.78 Å². The number of sulfone groups is 1. The van der Waals surface area contributed by atoms with Crippen LogP contribution in [-0.2, 0) is 14.6 Å². The van der Waals surface area contributed by atoms with Crippen molar-refractivity contribution >= 4 is 15.8 Å². The van der Waals surface area contributed by atoms with Crippen LogP contribution in [0.25, 0.3) is 0 Å². The van der Waals surface area contributed by atoms with Crippen LogP contribution in [-0.4, -0.2) is 37.2 Å². The first-order valence-corrected chi connectivity index (χ1v) is 6.22. The van der Waals surface area contributed by atoms with Gasteiger partial charge in [-0.2, -0.15) is 0 Å². The molecule has 1 aromatic rings. The van der Waals surface area contributed by atoms with E-state index in [2.05, 4.69) is 9.72 Å². The first-order chi connectivity index (χ1) is 7.36.